The van der Waals surface area contributed by atoms with E-state index in [1.807, 2.05) is 0 Å². The van der Waals surface area contributed by atoms with Crippen LogP contribution in [0.5, 0.6) is 0 Å². The van der Waals surface area contributed by atoms with E-state index in [4.69, 9.17) is 37.0 Å². The molecule has 576 valence electrons. The van der Waals surface area contributed by atoms with E-state index in [9.17, 15) is 43.2 Å². The number of hydrogen-bond acceptors (Lipinski definition) is 15. The van der Waals surface area contributed by atoms with Crippen molar-refractivity contribution in [2.75, 3.05) is 39.6 Å². The molecule has 3 N–H and O–H groups in total. The van der Waals surface area contributed by atoms with Crippen LogP contribution in [0.4, 0.5) is 0 Å². The molecule has 0 aromatic heterocycles. The number of aliphatic hydroxyl groups is 1. The van der Waals surface area contributed by atoms with Crippen LogP contribution in [0.3, 0.4) is 0 Å². The number of phosphoric acid groups is 2. The van der Waals surface area contributed by atoms with E-state index in [-0.39, 0.29) is 25.7 Å². The van der Waals surface area contributed by atoms with Crippen LogP contribution in [0.25, 0.3) is 0 Å². The molecule has 0 aliphatic heterocycles. The molecule has 0 saturated carbocycles. The Balaban J connectivity index is 5.24. The number of ether oxygens (including phenoxy) is 4. The van der Waals surface area contributed by atoms with Crippen molar-refractivity contribution in [3.8, 4) is 0 Å². The highest BCUT2D eigenvalue weighted by Gasteiger charge is 2.30. The first kappa shape index (κ1) is 95.1. The van der Waals surface area contributed by atoms with Crippen LogP contribution < -0.4 is 0 Å². The van der Waals surface area contributed by atoms with Crippen LogP contribution in [-0.4, -0.2) is 96.7 Å². The smallest absolute Gasteiger partial charge is 0.462 e. The highest BCUT2D eigenvalue weighted by molar-refractivity contribution is 7.47. The van der Waals surface area contributed by atoms with Crippen molar-refractivity contribution >= 4 is 39.5 Å². The van der Waals surface area contributed by atoms with Gasteiger partial charge in [-0.3, -0.25) is 37.3 Å². The molecule has 0 aromatic carbocycles. The first-order chi connectivity index (χ1) is 46.9. The number of unbranched alkanes of at least 4 members (excludes halogenated alkanes) is 47. The lowest BCUT2D eigenvalue weighted by Crippen LogP contribution is -2.30. The third-order valence-corrected chi connectivity index (χ3v) is 20.1. The Morgan fingerprint density at radius 1 is 0.278 bits per heavy atom. The molecular formula is C78H152O17P2. The lowest BCUT2D eigenvalue weighted by Gasteiger charge is -2.21. The van der Waals surface area contributed by atoms with E-state index in [0.717, 1.165) is 102 Å². The molecule has 19 heteroatoms. The van der Waals surface area contributed by atoms with Gasteiger partial charge >= 0.3 is 39.5 Å². The first-order valence-corrected chi connectivity index (χ1v) is 43.5. The monoisotopic (exact) mass is 1420 g/mol. The molecule has 0 spiro atoms. The van der Waals surface area contributed by atoms with Gasteiger partial charge in [-0.2, -0.15) is 0 Å². The molecule has 0 fully saturated rings. The Labute approximate surface area is 594 Å². The summed E-state index contributed by atoms with van der Waals surface area (Å²) >= 11 is 0. The summed E-state index contributed by atoms with van der Waals surface area (Å²) in [7, 11) is -9.91. The van der Waals surface area contributed by atoms with Crippen molar-refractivity contribution in [1.29, 1.82) is 0 Å². The molecule has 0 bridgehead atoms. The molecule has 0 saturated heterocycles. The minimum atomic E-state index is -4.96. The van der Waals surface area contributed by atoms with Gasteiger partial charge in [0.15, 0.2) is 12.2 Å². The van der Waals surface area contributed by atoms with E-state index in [1.165, 1.54) is 225 Å². The van der Waals surface area contributed by atoms with Crippen LogP contribution in [0.2, 0.25) is 0 Å². The van der Waals surface area contributed by atoms with E-state index >= 15 is 0 Å². The minimum Gasteiger partial charge on any atom is -0.462 e. The summed E-state index contributed by atoms with van der Waals surface area (Å²) in [5.74, 6) is -0.557. The molecule has 17 nitrogen and oxygen atoms in total. The number of hydrogen-bond donors (Lipinski definition) is 3. The standard InChI is InChI=1S/C78H152O17P2/c1-7-9-11-13-15-17-19-25-30-36-42-48-54-60-75(80)88-66-73(94-78(83)63-57-51-45-38-32-28-24-22-21-23-27-29-34-40-46-52-58-70(3)4)68-92-96(84,85)90-64-72(79)65-91-97(86,87)93-69-74(67-89-76(81)61-55-49-43-39-33-35-41-47-53-59-71(5)6)95-77(82)62-56-50-44-37-31-26-20-18-16-14-12-10-8-2/h70-74,79H,7-69H2,1-6H3,(H,84,85)(H,86,87)/t72-,73-,74-/m1/s1. The van der Waals surface area contributed by atoms with Crippen molar-refractivity contribution < 1.29 is 80.2 Å². The summed E-state index contributed by atoms with van der Waals surface area (Å²) in [6.45, 7) is 9.63. The highest BCUT2D eigenvalue weighted by atomic mass is 31.2. The van der Waals surface area contributed by atoms with E-state index in [0.29, 0.717) is 25.7 Å². The summed E-state index contributed by atoms with van der Waals surface area (Å²) < 4.78 is 68.6. The molecule has 0 aliphatic carbocycles. The molecule has 0 aliphatic rings. The number of phosphoric ester groups is 2. The van der Waals surface area contributed by atoms with Crippen molar-refractivity contribution in [1.82, 2.24) is 0 Å². The molecule has 0 aromatic rings. The van der Waals surface area contributed by atoms with Gasteiger partial charge in [0.05, 0.1) is 26.4 Å². The van der Waals surface area contributed by atoms with Gasteiger partial charge in [0, 0.05) is 25.7 Å². The summed E-state index contributed by atoms with van der Waals surface area (Å²) in [5, 5.41) is 10.6. The zero-order chi connectivity index (χ0) is 71.4. The van der Waals surface area contributed by atoms with Gasteiger partial charge in [0.1, 0.15) is 19.3 Å². The summed E-state index contributed by atoms with van der Waals surface area (Å²) in [6.07, 6.45) is 58.1. The van der Waals surface area contributed by atoms with Crippen molar-refractivity contribution in [2.24, 2.45) is 11.8 Å². The Morgan fingerprint density at radius 3 is 0.701 bits per heavy atom. The molecule has 0 heterocycles. The number of aliphatic hydroxyl groups excluding tert-OH is 1. The predicted molar refractivity (Wildman–Crippen MR) is 395 cm³/mol. The second-order valence-corrected chi connectivity index (χ2v) is 32.0. The molecule has 0 rings (SSSR count). The summed E-state index contributed by atoms with van der Waals surface area (Å²) in [4.78, 5) is 72.9. The van der Waals surface area contributed by atoms with Crippen LogP contribution in [0, 0.1) is 11.8 Å². The van der Waals surface area contributed by atoms with Gasteiger partial charge < -0.3 is 33.8 Å². The van der Waals surface area contributed by atoms with Gasteiger partial charge in [-0.1, -0.05) is 356 Å². The second kappa shape index (κ2) is 69.8. The average Bonchev–Trinajstić information content (AvgIpc) is 1.07. The Kier molecular flexibility index (Phi) is 68.4. The third kappa shape index (κ3) is 72.2. The first-order valence-electron chi connectivity index (χ1n) is 40.5. The zero-order valence-corrected chi connectivity index (χ0v) is 65.2. The Morgan fingerprint density at radius 2 is 0.474 bits per heavy atom. The van der Waals surface area contributed by atoms with Crippen LogP contribution in [-0.2, 0) is 65.4 Å². The molecule has 97 heavy (non-hydrogen) atoms. The van der Waals surface area contributed by atoms with Gasteiger partial charge in [0.25, 0.3) is 0 Å². The summed E-state index contributed by atoms with van der Waals surface area (Å²) in [6, 6.07) is 0. The average molecular weight is 1420 g/mol. The molecule has 5 atom stereocenters. The van der Waals surface area contributed by atoms with Gasteiger partial charge in [0.2, 0.25) is 0 Å². The quantitative estimate of drug-likeness (QED) is 0.0222. The normalized spacial score (nSPS) is 14.0. The van der Waals surface area contributed by atoms with Crippen molar-refractivity contribution in [3.05, 3.63) is 0 Å². The van der Waals surface area contributed by atoms with Crippen molar-refractivity contribution in [2.45, 2.75) is 426 Å². The molecule has 0 radical (unpaired) electrons. The van der Waals surface area contributed by atoms with Crippen molar-refractivity contribution in [3.63, 3.8) is 0 Å². The maximum Gasteiger partial charge on any atom is 0.472 e. The fourth-order valence-electron chi connectivity index (χ4n) is 12.0. The topological polar surface area (TPSA) is 237 Å². The van der Waals surface area contributed by atoms with Gasteiger partial charge in [-0.25, -0.2) is 9.13 Å². The van der Waals surface area contributed by atoms with Gasteiger partial charge in [-0.15, -0.1) is 0 Å². The third-order valence-electron chi connectivity index (χ3n) is 18.2. The van der Waals surface area contributed by atoms with E-state index in [1.54, 1.807) is 0 Å². The number of carbonyl (C=O) groups is 4. The number of esters is 4. The van der Waals surface area contributed by atoms with Crippen LogP contribution in [0.1, 0.15) is 408 Å². The molecule has 2 unspecified atom stereocenters. The maximum atomic E-state index is 13.1. The maximum absolute atomic E-state index is 13.1. The minimum absolute atomic E-state index is 0.107. The number of carbonyl (C=O) groups excluding carboxylic acids is 4. The Bertz CT molecular complexity index is 1870. The van der Waals surface area contributed by atoms with Gasteiger partial charge in [-0.05, 0) is 37.5 Å². The predicted octanol–water partition coefficient (Wildman–Crippen LogP) is 23.1. The Hall–Kier alpha value is -1.94. The lowest BCUT2D eigenvalue weighted by atomic mass is 10.0. The van der Waals surface area contributed by atoms with Crippen LogP contribution >= 0.6 is 15.6 Å². The van der Waals surface area contributed by atoms with E-state index < -0.39 is 97.5 Å². The zero-order valence-electron chi connectivity index (χ0n) is 63.4. The summed E-state index contributed by atoms with van der Waals surface area (Å²) in [5.41, 5.74) is 0. The number of rotatable bonds is 77. The fraction of sp³-hybridized carbons (Fsp3) is 0.949. The van der Waals surface area contributed by atoms with E-state index in [2.05, 4.69) is 41.5 Å². The van der Waals surface area contributed by atoms with Crippen LogP contribution in [0.15, 0.2) is 0 Å². The molecule has 0 amide bonds. The fourth-order valence-corrected chi connectivity index (χ4v) is 13.6. The second-order valence-electron chi connectivity index (χ2n) is 29.1. The highest BCUT2D eigenvalue weighted by Crippen LogP contribution is 2.45. The lowest BCUT2D eigenvalue weighted by molar-refractivity contribution is -0.161. The largest absolute Gasteiger partial charge is 0.472 e. The SMILES string of the molecule is CCCCCCCCCCCCCCCC(=O)OC[C@H](COP(=O)(O)OC[C@@H](O)COP(=O)(O)OC[C@@H](COC(=O)CCCCCCCCCCCC(C)C)OC(=O)CCCCCCCCCCCCCCC)OC(=O)CCCCCCCCCCCCCCCCCCC(C)C. The molecular weight excluding hydrogens is 1270 g/mol.